The van der Waals surface area contributed by atoms with Gasteiger partial charge in [-0.25, -0.2) is 0 Å². The molecule has 12 nitrogen and oxygen atoms in total. The van der Waals surface area contributed by atoms with Crippen molar-refractivity contribution in [3.05, 3.63) is 57.9 Å². The number of phenolic OH excluding ortho intramolecular Hbond substituents is 1. The fourth-order valence-corrected chi connectivity index (χ4v) is 6.97. The Bertz CT molecular complexity index is 1510. The number of fused-ring (bicyclic) bond motifs is 3. The van der Waals surface area contributed by atoms with E-state index >= 15 is 0 Å². The number of primary amides is 1. The second-order valence-corrected chi connectivity index (χ2v) is 12.1. The number of phenols is 1. The average molecular weight is 595 g/mol. The number of carbonyl (C=O) groups excluding carboxylic acids is 3. The zero-order chi connectivity index (χ0) is 31.4. The zero-order valence-corrected chi connectivity index (χ0v) is 24.7. The standard InChI is InChI=1S/C31H38N4O8/c1-34(2)10-5-11-43-21-9-6-15(14-33-21)17-7-8-20(36)23-18(17)12-16-13-19-25(35(3)4)27(38)24(30(32)41)29(40)31(19,42)28(39)22(16)26(23)37/h6-9,15-16,19,25,36-37,40,42H,5,10-14H2,1-4H3,(H2,32,41)/t15?,16-,19-,25-,31-/m0/s1. The van der Waals surface area contributed by atoms with E-state index in [2.05, 4.69) is 9.89 Å². The molecule has 0 spiro atoms. The lowest BCUT2D eigenvalue weighted by Crippen LogP contribution is -2.65. The highest BCUT2D eigenvalue weighted by Crippen LogP contribution is 2.53. The maximum absolute atomic E-state index is 14.0. The molecule has 0 saturated heterocycles. The second kappa shape index (κ2) is 11.3. The van der Waals surface area contributed by atoms with Crippen molar-refractivity contribution in [2.75, 3.05) is 47.9 Å². The Morgan fingerprint density at radius 2 is 1.88 bits per heavy atom. The normalized spacial score (nSPS) is 28.6. The minimum Gasteiger partial charge on any atom is -0.508 e. The SMILES string of the molecule is CN(C)CCCOC1=NCC(c2ccc(O)c3c2C[C@H]2C[C@H]4[C@H](N(C)C)C(=O)C(C(N)=O)=C(O)[C@@]4(O)C(=O)C2=C3O)C=C1. The lowest BCUT2D eigenvalue weighted by atomic mass is 9.57. The summed E-state index contributed by atoms with van der Waals surface area (Å²) in [7, 11) is 7.13. The minimum atomic E-state index is -2.67. The van der Waals surface area contributed by atoms with Crippen molar-refractivity contribution in [1.29, 1.82) is 0 Å². The molecule has 1 aliphatic heterocycles. The number of aliphatic hydroxyl groups excluding tert-OH is 2. The maximum atomic E-state index is 14.0. The number of dihydropyridines is 1. The number of rotatable bonds is 7. The van der Waals surface area contributed by atoms with Crippen molar-refractivity contribution in [3.63, 3.8) is 0 Å². The maximum Gasteiger partial charge on any atom is 0.255 e. The van der Waals surface area contributed by atoms with Crippen molar-refractivity contribution >= 4 is 29.1 Å². The van der Waals surface area contributed by atoms with E-state index in [1.165, 1.54) is 11.0 Å². The van der Waals surface area contributed by atoms with Crippen LogP contribution < -0.4 is 5.73 Å². The third-order valence-corrected chi connectivity index (χ3v) is 8.95. The van der Waals surface area contributed by atoms with Gasteiger partial charge < -0.3 is 35.8 Å². The van der Waals surface area contributed by atoms with Gasteiger partial charge in [0.05, 0.1) is 24.8 Å². The molecule has 230 valence electrons. The predicted octanol–water partition coefficient (Wildman–Crippen LogP) is 0.984. The lowest BCUT2D eigenvalue weighted by Gasteiger charge is -2.50. The Balaban J connectivity index is 1.52. The first-order valence-corrected chi connectivity index (χ1v) is 14.3. The molecule has 4 aliphatic rings. The number of aliphatic hydroxyl groups is 3. The molecule has 1 amide bonds. The largest absolute Gasteiger partial charge is 0.508 e. The number of nitrogens with zero attached hydrogens (tertiary/aromatic N) is 3. The van der Waals surface area contributed by atoms with E-state index < -0.39 is 58.0 Å². The number of hydrogen-bond acceptors (Lipinski definition) is 11. The topological polar surface area (TPSA) is 186 Å². The Morgan fingerprint density at radius 1 is 1.16 bits per heavy atom. The Kier molecular flexibility index (Phi) is 7.97. The first kappa shape index (κ1) is 30.5. The van der Waals surface area contributed by atoms with Gasteiger partial charge in [0.1, 0.15) is 22.8 Å². The van der Waals surface area contributed by atoms with E-state index in [1.807, 2.05) is 20.2 Å². The van der Waals surface area contributed by atoms with Gasteiger partial charge in [-0.1, -0.05) is 12.1 Å². The summed E-state index contributed by atoms with van der Waals surface area (Å²) in [4.78, 5) is 47.6. The van der Waals surface area contributed by atoms with E-state index in [0.29, 0.717) is 24.6 Å². The molecule has 5 atom stereocenters. The molecule has 0 bridgehead atoms. The number of aliphatic imine (C=N–C) groups is 1. The van der Waals surface area contributed by atoms with Crippen LogP contribution in [-0.2, 0) is 25.5 Å². The molecule has 1 aromatic carbocycles. The van der Waals surface area contributed by atoms with Crippen LogP contribution >= 0.6 is 0 Å². The molecule has 0 aromatic heterocycles. The average Bonchev–Trinajstić information content (AvgIpc) is 2.93. The van der Waals surface area contributed by atoms with Crippen molar-refractivity contribution in [2.45, 2.75) is 36.8 Å². The number of Topliss-reactive ketones (excluding diaryl/α,β-unsaturated/α-hetero) is 2. The molecule has 3 aliphatic carbocycles. The summed E-state index contributed by atoms with van der Waals surface area (Å²) in [6.45, 7) is 1.81. The number of hydrogen-bond donors (Lipinski definition) is 5. The number of aromatic hydroxyl groups is 1. The summed E-state index contributed by atoms with van der Waals surface area (Å²) in [5.41, 5.74) is 3.21. The molecule has 5 rings (SSSR count). The number of amides is 1. The first-order chi connectivity index (χ1) is 20.3. The fraction of sp³-hybridized carbons (Fsp3) is 0.484. The van der Waals surface area contributed by atoms with Gasteiger partial charge in [-0.3, -0.25) is 24.3 Å². The van der Waals surface area contributed by atoms with Crippen LogP contribution in [0.2, 0.25) is 0 Å². The van der Waals surface area contributed by atoms with Gasteiger partial charge >= 0.3 is 0 Å². The van der Waals surface area contributed by atoms with E-state index in [-0.39, 0.29) is 35.6 Å². The van der Waals surface area contributed by atoms with Crippen LogP contribution in [-0.4, -0.2) is 113 Å². The number of benzene rings is 1. The summed E-state index contributed by atoms with van der Waals surface area (Å²) in [5.74, 6) is -6.38. The molecule has 1 aromatic rings. The van der Waals surface area contributed by atoms with Crippen LogP contribution in [0, 0.1) is 11.8 Å². The number of carbonyl (C=O) groups is 3. The smallest absolute Gasteiger partial charge is 0.255 e. The molecule has 0 radical (unpaired) electrons. The Labute approximate surface area is 249 Å². The number of ketones is 2. The summed E-state index contributed by atoms with van der Waals surface area (Å²) < 4.78 is 5.78. The van der Waals surface area contributed by atoms with E-state index in [9.17, 15) is 34.8 Å². The van der Waals surface area contributed by atoms with Gasteiger partial charge in [0.25, 0.3) is 5.91 Å². The highest BCUT2D eigenvalue weighted by molar-refractivity contribution is 6.24. The molecule has 1 fully saturated rings. The quantitative estimate of drug-likeness (QED) is 0.225. The van der Waals surface area contributed by atoms with Crippen LogP contribution in [0.4, 0.5) is 0 Å². The van der Waals surface area contributed by atoms with E-state index in [1.54, 1.807) is 26.2 Å². The van der Waals surface area contributed by atoms with Crippen LogP contribution in [0.25, 0.3) is 5.76 Å². The van der Waals surface area contributed by atoms with Crippen molar-refractivity contribution < 1.29 is 39.5 Å². The molecule has 12 heteroatoms. The highest BCUT2D eigenvalue weighted by atomic mass is 16.5. The van der Waals surface area contributed by atoms with Crippen molar-refractivity contribution in [1.82, 2.24) is 9.80 Å². The van der Waals surface area contributed by atoms with Gasteiger partial charge in [-0.05, 0) is 76.6 Å². The monoisotopic (exact) mass is 594 g/mol. The molecule has 43 heavy (non-hydrogen) atoms. The van der Waals surface area contributed by atoms with Crippen molar-refractivity contribution in [2.24, 2.45) is 22.6 Å². The number of likely N-dealkylation sites (N-methyl/N-ethyl adjacent to an activating group) is 1. The summed E-state index contributed by atoms with van der Waals surface area (Å²) in [5, 5.41) is 45.0. The summed E-state index contributed by atoms with van der Waals surface area (Å²) in [6.07, 6.45) is 4.87. The van der Waals surface area contributed by atoms with Crippen LogP contribution in [0.1, 0.15) is 35.4 Å². The van der Waals surface area contributed by atoms with Crippen LogP contribution in [0.5, 0.6) is 5.75 Å². The third-order valence-electron chi connectivity index (χ3n) is 8.95. The Morgan fingerprint density at radius 3 is 2.49 bits per heavy atom. The minimum absolute atomic E-state index is 0.0322. The number of ether oxygens (including phenoxy) is 1. The van der Waals surface area contributed by atoms with Gasteiger partial charge in [-0.15, -0.1) is 0 Å². The summed E-state index contributed by atoms with van der Waals surface area (Å²) >= 11 is 0. The molecule has 1 saturated carbocycles. The lowest BCUT2D eigenvalue weighted by molar-refractivity contribution is -0.153. The molecular weight excluding hydrogens is 556 g/mol. The molecule has 6 N–H and O–H groups in total. The Hall–Kier alpha value is -4.00. The fourth-order valence-electron chi connectivity index (χ4n) is 6.97. The van der Waals surface area contributed by atoms with Crippen LogP contribution in [0.15, 0.2) is 46.2 Å². The van der Waals surface area contributed by atoms with E-state index in [0.717, 1.165) is 18.5 Å². The zero-order valence-electron chi connectivity index (χ0n) is 24.7. The third kappa shape index (κ3) is 4.92. The van der Waals surface area contributed by atoms with Crippen LogP contribution in [0.3, 0.4) is 0 Å². The highest BCUT2D eigenvalue weighted by Gasteiger charge is 2.64. The van der Waals surface area contributed by atoms with Gasteiger partial charge in [0.15, 0.2) is 11.4 Å². The first-order valence-electron chi connectivity index (χ1n) is 14.3. The predicted molar refractivity (Wildman–Crippen MR) is 158 cm³/mol. The molecule has 1 heterocycles. The van der Waals surface area contributed by atoms with Gasteiger partial charge in [-0.2, -0.15) is 0 Å². The second-order valence-electron chi connectivity index (χ2n) is 12.1. The van der Waals surface area contributed by atoms with E-state index in [4.69, 9.17) is 10.5 Å². The van der Waals surface area contributed by atoms with Crippen molar-refractivity contribution in [3.8, 4) is 5.75 Å². The molecule has 1 unspecified atom stereocenters. The summed E-state index contributed by atoms with van der Waals surface area (Å²) in [6, 6.07) is 2.07. The number of nitrogens with two attached hydrogens (primary N) is 1. The van der Waals surface area contributed by atoms with Gasteiger partial charge in [0, 0.05) is 24.0 Å². The van der Waals surface area contributed by atoms with Gasteiger partial charge in [0.2, 0.25) is 11.7 Å². The molecular formula is C31H38N4O8.